The number of carbonyl (C=O) groups is 2. The molecule has 4 saturated carbocycles. The standard InChI is InChI=1S/C21H32N2O2S/c1-18(2)11-7-9-20(18,5)15(24)13(11)22-17(26)23-14-12-8-10-21(6,16(14)25)19(12,3)4/h11-14H,7-10H2,1-6H3,(H2,22,23,26). The Morgan fingerprint density at radius 3 is 1.42 bits per heavy atom. The molecule has 4 aliphatic carbocycles. The first-order chi connectivity index (χ1) is 11.9. The highest BCUT2D eigenvalue weighted by Crippen LogP contribution is 2.64. The van der Waals surface area contributed by atoms with Crippen molar-refractivity contribution < 1.29 is 9.59 Å². The zero-order valence-corrected chi connectivity index (χ0v) is 17.7. The van der Waals surface area contributed by atoms with Crippen molar-refractivity contribution in [3.05, 3.63) is 0 Å². The molecule has 0 spiro atoms. The molecule has 4 nitrogen and oxygen atoms in total. The Bertz CT molecular complexity index is 657. The quantitative estimate of drug-likeness (QED) is 0.725. The number of thiocarbonyl (C=S) groups is 1. The van der Waals surface area contributed by atoms with Crippen LogP contribution in [0, 0.1) is 33.5 Å². The van der Waals surface area contributed by atoms with Crippen LogP contribution in [-0.4, -0.2) is 28.8 Å². The van der Waals surface area contributed by atoms with Gasteiger partial charge in [0.15, 0.2) is 16.7 Å². The predicted octanol–water partition coefficient (Wildman–Crippen LogP) is 3.24. The average Bonchev–Trinajstić information content (AvgIpc) is 3.02. The van der Waals surface area contributed by atoms with Crippen molar-refractivity contribution in [2.45, 2.75) is 79.3 Å². The number of rotatable bonds is 2. The smallest absolute Gasteiger partial charge is 0.167 e. The Kier molecular flexibility index (Phi) is 3.60. The van der Waals surface area contributed by atoms with Crippen LogP contribution in [0.15, 0.2) is 0 Å². The van der Waals surface area contributed by atoms with Gasteiger partial charge in [-0.2, -0.15) is 0 Å². The fourth-order valence-electron chi connectivity index (χ4n) is 6.83. The second kappa shape index (κ2) is 5.09. The largest absolute Gasteiger partial charge is 0.353 e. The summed E-state index contributed by atoms with van der Waals surface area (Å²) in [5.41, 5.74) is -0.532. The normalized spacial score (nSPS) is 47.5. The SMILES string of the molecule is CC12CCC(C(NC(=S)NC3C(=O)C4(C)CCC3C4(C)C)C1=O)C2(C)C. The van der Waals surface area contributed by atoms with Crippen LogP contribution in [0.25, 0.3) is 0 Å². The molecule has 0 heterocycles. The average molecular weight is 377 g/mol. The molecule has 4 bridgehead atoms. The molecule has 4 aliphatic rings. The third kappa shape index (κ3) is 1.88. The lowest BCUT2D eigenvalue weighted by Crippen LogP contribution is -2.54. The lowest BCUT2D eigenvalue weighted by molar-refractivity contribution is -0.130. The van der Waals surface area contributed by atoms with E-state index in [9.17, 15) is 9.59 Å². The summed E-state index contributed by atoms with van der Waals surface area (Å²) in [5.74, 6) is 1.19. The molecule has 0 radical (unpaired) electrons. The number of hydrogen-bond donors (Lipinski definition) is 2. The lowest BCUT2D eigenvalue weighted by atomic mass is 9.70. The van der Waals surface area contributed by atoms with Gasteiger partial charge in [0.2, 0.25) is 0 Å². The van der Waals surface area contributed by atoms with Crippen LogP contribution in [0.2, 0.25) is 0 Å². The topological polar surface area (TPSA) is 58.2 Å². The van der Waals surface area contributed by atoms with Gasteiger partial charge in [0.05, 0.1) is 12.1 Å². The first-order valence-corrected chi connectivity index (χ1v) is 10.4. The van der Waals surface area contributed by atoms with E-state index in [0.29, 0.717) is 16.9 Å². The summed E-state index contributed by atoms with van der Waals surface area (Å²) >= 11 is 5.56. The number of ketones is 2. The number of nitrogens with one attached hydrogen (secondary N) is 2. The molecule has 144 valence electrons. The molecule has 0 aromatic carbocycles. The molecule has 0 aromatic rings. The molecule has 4 rings (SSSR count). The Labute approximate surface area is 162 Å². The maximum Gasteiger partial charge on any atom is 0.167 e. The van der Waals surface area contributed by atoms with Gasteiger partial charge in [0.25, 0.3) is 0 Å². The first-order valence-electron chi connectivity index (χ1n) is 10.0. The van der Waals surface area contributed by atoms with E-state index >= 15 is 0 Å². The first kappa shape index (κ1) is 18.4. The fraction of sp³-hybridized carbons (Fsp3) is 0.857. The number of carbonyl (C=O) groups excluding carboxylic acids is 2. The molecule has 0 amide bonds. The molecule has 2 N–H and O–H groups in total. The van der Waals surface area contributed by atoms with Gasteiger partial charge in [-0.1, -0.05) is 41.5 Å². The van der Waals surface area contributed by atoms with Crippen molar-refractivity contribution in [2.24, 2.45) is 33.5 Å². The van der Waals surface area contributed by atoms with E-state index in [2.05, 4.69) is 52.2 Å². The third-order valence-electron chi connectivity index (χ3n) is 9.64. The summed E-state index contributed by atoms with van der Waals surface area (Å²) in [7, 11) is 0. The van der Waals surface area contributed by atoms with Gasteiger partial charge in [-0.3, -0.25) is 9.59 Å². The summed E-state index contributed by atoms with van der Waals surface area (Å²) in [5, 5.41) is 7.09. The molecule has 0 aromatic heterocycles. The second-order valence-electron chi connectivity index (χ2n) is 10.7. The molecule has 4 fully saturated rings. The van der Waals surface area contributed by atoms with Gasteiger partial charge in [0, 0.05) is 10.8 Å². The second-order valence-corrected chi connectivity index (χ2v) is 11.1. The maximum absolute atomic E-state index is 13.0. The van der Waals surface area contributed by atoms with E-state index in [1.165, 1.54) is 0 Å². The summed E-state index contributed by atoms with van der Waals surface area (Å²) in [6, 6.07) is -0.443. The van der Waals surface area contributed by atoms with Gasteiger partial charge in [0.1, 0.15) is 0 Å². The van der Waals surface area contributed by atoms with Gasteiger partial charge in [-0.15, -0.1) is 0 Å². The molecular formula is C21H32N2O2S. The van der Waals surface area contributed by atoms with E-state index in [4.69, 9.17) is 12.2 Å². The molecule has 6 unspecified atom stereocenters. The third-order valence-corrected chi connectivity index (χ3v) is 9.88. The lowest BCUT2D eigenvalue weighted by Gasteiger charge is -2.32. The predicted molar refractivity (Wildman–Crippen MR) is 106 cm³/mol. The summed E-state index contributed by atoms with van der Waals surface area (Å²) < 4.78 is 0. The molecular weight excluding hydrogens is 344 g/mol. The van der Waals surface area contributed by atoms with Crippen molar-refractivity contribution in [3.63, 3.8) is 0 Å². The van der Waals surface area contributed by atoms with E-state index in [1.807, 2.05) is 0 Å². The van der Waals surface area contributed by atoms with E-state index in [-0.39, 0.29) is 45.3 Å². The van der Waals surface area contributed by atoms with Crippen LogP contribution >= 0.6 is 12.2 Å². The van der Waals surface area contributed by atoms with Gasteiger partial charge in [-0.25, -0.2) is 0 Å². The molecule has 0 saturated heterocycles. The van der Waals surface area contributed by atoms with E-state index in [1.54, 1.807) is 0 Å². The van der Waals surface area contributed by atoms with E-state index < -0.39 is 0 Å². The Morgan fingerprint density at radius 2 is 1.15 bits per heavy atom. The molecule has 26 heavy (non-hydrogen) atoms. The Hall–Kier alpha value is -0.970. The zero-order valence-electron chi connectivity index (χ0n) is 16.9. The molecule has 5 heteroatoms. The van der Waals surface area contributed by atoms with Crippen molar-refractivity contribution in [3.8, 4) is 0 Å². The van der Waals surface area contributed by atoms with Crippen LogP contribution in [0.5, 0.6) is 0 Å². The van der Waals surface area contributed by atoms with Crippen LogP contribution in [0.1, 0.15) is 67.2 Å². The van der Waals surface area contributed by atoms with Crippen LogP contribution in [-0.2, 0) is 9.59 Å². The summed E-state index contributed by atoms with van der Waals surface area (Å²) in [6.45, 7) is 13.1. The Balaban J connectivity index is 1.48. The monoisotopic (exact) mass is 376 g/mol. The van der Waals surface area contributed by atoms with Crippen LogP contribution in [0.4, 0.5) is 0 Å². The molecule has 0 aliphatic heterocycles. The van der Waals surface area contributed by atoms with Crippen molar-refractivity contribution in [2.75, 3.05) is 0 Å². The van der Waals surface area contributed by atoms with Gasteiger partial charge < -0.3 is 10.6 Å². The highest BCUT2D eigenvalue weighted by molar-refractivity contribution is 7.80. The van der Waals surface area contributed by atoms with Gasteiger partial charge in [-0.05, 0) is 60.6 Å². The molecule has 6 atom stereocenters. The summed E-state index contributed by atoms with van der Waals surface area (Å²) in [6.07, 6.45) is 4.06. The number of hydrogen-bond acceptors (Lipinski definition) is 3. The Morgan fingerprint density at radius 1 is 0.808 bits per heavy atom. The minimum atomic E-state index is -0.261. The highest BCUT2D eigenvalue weighted by atomic mass is 32.1. The number of Topliss-reactive ketones (excluding diaryl/α,β-unsaturated/α-hetero) is 2. The minimum absolute atomic E-state index is 0.00488. The fourth-order valence-corrected chi connectivity index (χ4v) is 7.08. The maximum atomic E-state index is 13.0. The number of fused-ring (bicyclic) bond motifs is 4. The summed E-state index contributed by atoms with van der Waals surface area (Å²) in [4.78, 5) is 26.0. The minimum Gasteiger partial charge on any atom is -0.353 e. The van der Waals surface area contributed by atoms with Crippen LogP contribution < -0.4 is 10.6 Å². The van der Waals surface area contributed by atoms with Crippen molar-refractivity contribution in [1.29, 1.82) is 0 Å². The van der Waals surface area contributed by atoms with Crippen molar-refractivity contribution >= 4 is 28.9 Å². The highest BCUT2D eigenvalue weighted by Gasteiger charge is 2.68. The van der Waals surface area contributed by atoms with Crippen LogP contribution in [0.3, 0.4) is 0 Å². The van der Waals surface area contributed by atoms with E-state index in [0.717, 1.165) is 25.7 Å². The van der Waals surface area contributed by atoms with Crippen molar-refractivity contribution in [1.82, 2.24) is 10.6 Å². The zero-order chi connectivity index (χ0) is 19.3. The van der Waals surface area contributed by atoms with Gasteiger partial charge >= 0.3 is 0 Å².